The molecule has 0 aromatic carbocycles. The second-order valence-electron chi connectivity index (χ2n) is 3.98. The SMILES string of the molecule is NC(=O)CNC(=O)[C@@H]1COC(=O)N1Cc1cccs1. The zero-order chi connectivity index (χ0) is 13.8. The van der Waals surface area contributed by atoms with Crippen molar-refractivity contribution in [1.29, 1.82) is 0 Å². The number of rotatable bonds is 5. The van der Waals surface area contributed by atoms with Crippen LogP contribution in [0.2, 0.25) is 0 Å². The number of nitrogens with zero attached hydrogens (tertiary/aromatic N) is 1. The molecule has 19 heavy (non-hydrogen) atoms. The first-order valence-corrected chi connectivity index (χ1v) is 6.47. The smallest absolute Gasteiger partial charge is 0.410 e. The minimum Gasteiger partial charge on any atom is -0.447 e. The van der Waals surface area contributed by atoms with E-state index in [4.69, 9.17) is 10.5 Å². The van der Waals surface area contributed by atoms with Crippen molar-refractivity contribution in [3.05, 3.63) is 22.4 Å². The summed E-state index contributed by atoms with van der Waals surface area (Å²) >= 11 is 1.49. The van der Waals surface area contributed by atoms with E-state index in [1.54, 1.807) is 0 Å². The van der Waals surface area contributed by atoms with Gasteiger partial charge in [-0.05, 0) is 11.4 Å². The van der Waals surface area contributed by atoms with Crippen LogP contribution in [0.25, 0.3) is 0 Å². The minimum absolute atomic E-state index is 0.0190. The summed E-state index contributed by atoms with van der Waals surface area (Å²) in [5.41, 5.74) is 4.95. The van der Waals surface area contributed by atoms with Crippen LogP contribution in [0.4, 0.5) is 4.79 Å². The molecule has 2 heterocycles. The van der Waals surface area contributed by atoms with Crippen LogP contribution in [-0.4, -0.2) is 42.0 Å². The Kier molecular flexibility index (Phi) is 4.00. The maximum atomic E-state index is 11.8. The van der Waals surface area contributed by atoms with E-state index in [1.807, 2.05) is 17.5 Å². The molecule has 1 fully saturated rings. The minimum atomic E-state index is -0.728. The van der Waals surface area contributed by atoms with Crippen LogP contribution in [0.1, 0.15) is 4.88 Å². The molecule has 3 N–H and O–H groups in total. The Morgan fingerprint density at radius 1 is 1.58 bits per heavy atom. The van der Waals surface area contributed by atoms with Gasteiger partial charge in [-0.1, -0.05) is 6.07 Å². The Balaban J connectivity index is 2.00. The second-order valence-corrected chi connectivity index (χ2v) is 5.02. The topological polar surface area (TPSA) is 102 Å². The summed E-state index contributed by atoms with van der Waals surface area (Å²) in [6, 6.07) is 3.01. The lowest BCUT2D eigenvalue weighted by molar-refractivity contribution is -0.127. The monoisotopic (exact) mass is 283 g/mol. The third-order valence-corrected chi connectivity index (χ3v) is 3.48. The molecule has 0 spiro atoms. The summed E-state index contributed by atoms with van der Waals surface area (Å²) in [4.78, 5) is 36.3. The lowest BCUT2D eigenvalue weighted by Crippen LogP contribution is -2.47. The first-order chi connectivity index (χ1) is 9.08. The van der Waals surface area contributed by atoms with Crippen molar-refractivity contribution in [3.63, 3.8) is 0 Å². The second kappa shape index (κ2) is 5.70. The number of primary amides is 1. The van der Waals surface area contributed by atoms with Gasteiger partial charge in [-0.25, -0.2) is 4.79 Å². The van der Waals surface area contributed by atoms with Crippen molar-refractivity contribution in [2.45, 2.75) is 12.6 Å². The van der Waals surface area contributed by atoms with Gasteiger partial charge in [0.15, 0.2) is 0 Å². The number of nitrogens with one attached hydrogen (secondary N) is 1. The van der Waals surface area contributed by atoms with Gasteiger partial charge < -0.3 is 15.8 Å². The van der Waals surface area contributed by atoms with Gasteiger partial charge in [0.05, 0.1) is 13.1 Å². The lowest BCUT2D eigenvalue weighted by atomic mass is 10.2. The number of ether oxygens (including phenoxy) is 1. The molecule has 7 nitrogen and oxygen atoms in total. The largest absolute Gasteiger partial charge is 0.447 e. The van der Waals surface area contributed by atoms with Gasteiger partial charge in [0.2, 0.25) is 11.8 Å². The predicted octanol–water partition coefficient (Wildman–Crippen LogP) is -0.330. The highest BCUT2D eigenvalue weighted by molar-refractivity contribution is 7.09. The Bertz CT molecular complexity index is 488. The summed E-state index contributed by atoms with van der Waals surface area (Å²) in [7, 11) is 0. The number of hydrogen-bond donors (Lipinski definition) is 2. The van der Waals surface area contributed by atoms with Gasteiger partial charge in [-0.15, -0.1) is 11.3 Å². The van der Waals surface area contributed by atoms with Crippen LogP contribution in [0, 0.1) is 0 Å². The molecule has 0 radical (unpaired) electrons. The van der Waals surface area contributed by atoms with Crippen LogP contribution in [0.5, 0.6) is 0 Å². The van der Waals surface area contributed by atoms with E-state index >= 15 is 0 Å². The number of thiophene rings is 1. The fourth-order valence-electron chi connectivity index (χ4n) is 1.70. The predicted molar refractivity (Wildman–Crippen MR) is 67.2 cm³/mol. The van der Waals surface area contributed by atoms with E-state index in [-0.39, 0.29) is 13.2 Å². The molecule has 0 saturated carbocycles. The first kappa shape index (κ1) is 13.3. The van der Waals surface area contributed by atoms with Crippen LogP contribution >= 0.6 is 11.3 Å². The fourth-order valence-corrected chi connectivity index (χ4v) is 2.41. The van der Waals surface area contributed by atoms with Crippen LogP contribution in [-0.2, 0) is 20.9 Å². The molecule has 0 unspecified atom stereocenters. The molecule has 8 heteroatoms. The highest BCUT2D eigenvalue weighted by Crippen LogP contribution is 2.19. The van der Waals surface area contributed by atoms with Gasteiger partial charge in [-0.3, -0.25) is 14.5 Å². The van der Waals surface area contributed by atoms with Crippen LogP contribution in [0.15, 0.2) is 17.5 Å². The van der Waals surface area contributed by atoms with Gasteiger partial charge in [0.1, 0.15) is 12.6 Å². The Morgan fingerprint density at radius 3 is 3.00 bits per heavy atom. The van der Waals surface area contributed by atoms with Crippen LogP contribution < -0.4 is 11.1 Å². The average molecular weight is 283 g/mol. The summed E-state index contributed by atoms with van der Waals surface area (Å²) in [6.45, 7) is 0.0380. The van der Waals surface area contributed by atoms with Crippen LogP contribution in [0.3, 0.4) is 0 Å². The molecule has 3 amide bonds. The zero-order valence-electron chi connectivity index (χ0n) is 10.00. The first-order valence-electron chi connectivity index (χ1n) is 5.59. The number of hydrogen-bond acceptors (Lipinski definition) is 5. The standard InChI is InChI=1S/C11H13N3O4S/c12-9(15)4-13-10(16)8-6-18-11(17)14(8)5-7-2-1-3-19-7/h1-3,8H,4-6H2,(H2,12,15)(H,13,16)/t8-/m0/s1. The Hall–Kier alpha value is -2.09. The molecule has 1 atom stereocenters. The summed E-state index contributed by atoms with van der Waals surface area (Å²) in [5, 5.41) is 4.26. The summed E-state index contributed by atoms with van der Waals surface area (Å²) in [6.07, 6.45) is -0.535. The number of carbonyl (C=O) groups is 3. The molecule has 1 aliphatic heterocycles. The number of amides is 3. The summed E-state index contributed by atoms with van der Waals surface area (Å²) in [5.74, 6) is -1.08. The van der Waals surface area contributed by atoms with Crippen molar-refractivity contribution in [3.8, 4) is 0 Å². The molecule has 1 aliphatic rings. The Labute approximate surface area is 113 Å². The normalized spacial score (nSPS) is 18.2. The van der Waals surface area contributed by atoms with E-state index in [2.05, 4.69) is 5.32 Å². The molecule has 102 valence electrons. The third-order valence-electron chi connectivity index (χ3n) is 2.62. The molecule has 0 bridgehead atoms. The molecular weight excluding hydrogens is 270 g/mol. The van der Waals surface area contributed by atoms with E-state index < -0.39 is 23.9 Å². The molecule has 1 aromatic heterocycles. The lowest BCUT2D eigenvalue weighted by Gasteiger charge is -2.19. The van der Waals surface area contributed by atoms with Crippen molar-refractivity contribution >= 4 is 29.2 Å². The number of cyclic esters (lactones) is 1. The van der Waals surface area contributed by atoms with E-state index in [1.165, 1.54) is 16.2 Å². The van der Waals surface area contributed by atoms with Crippen molar-refractivity contribution in [1.82, 2.24) is 10.2 Å². The highest BCUT2D eigenvalue weighted by atomic mass is 32.1. The van der Waals surface area contributed by atoms with E-state index in [9.17, 15) is 14.4 Å². The molecule has 0 aliphatic carbocycles. The maximum absolute atomic E-state index is 11.8. The Morgan fingerprint density at radius 2 is 2.37 bits per heavy atom. The molecule has 2 rings (SSSR count). The van der Waals surface area contributed by atoms with Crippen molar-refractivity contribution in [2.24, 2.45) is 5.73 Å². The van der Waals surface area contributed by atoms with E-state index in [0.717, 1.165) is 4.88 Å². The molecular formula is C11H13N3O4S. The van der Waals surface area contributed by atoms with Crippen molar-refractivity contribution < 1.29 is 19.1 Å². The summed E-state index contributed by atoms with van der Waals surface area (Å²) < 4.78 is 4.87. The fraction of sp³-hybridized carbons (Fsp3) is 0.364. The zero-order valence-corrected chi connectivity index (χ0v) is 10.8. The highest BCUT2D eigenvalue weighted by Gasteiger charge is 2.38. The molecule has 1 saturated heterocycles. The number of carbonyl (C=O) groups excluding carboxylic acids is 3. The van der Waals surface area contributed by atoms with E-state index in [0.29, 0.717) is 6.54 Å². The van der Waals surface area contributed by atoms with Gasteiger partial charge in [0, 0.05) is 4.88 Å². The maximum Gasteiger partial charge on any atom is 0.410 e. The van der Waals surface area contributed by atoms with Gasteiger partial charge in [0.25, 0.3) is 0 Å². The quantitative estimate of drug-likeness (QED) is 0.772. The molecule has 1 aromatic rings. The van der Waals surface area contributed by atoms with Gasteiger partial charge in [-0.2, -0.15) is 0 Å². The van der Waals surface area contributed by atoms with Gasteiger partial charge >= 0.3 is 6.09 Å². The number of nitrogens with two attached hydrogens (primary N) is 1. The average Bonchev–Trinajstić information content (AvgIpc) is 2.98. The third kappa shape index (κ3) is 3.22. The van der Waals surface area contributed by atoms with Crippen molar-refractivity contribution in [2.75, 3.05) is 13.2 Å².